The Bertz CT molecular complexity index is 1050. The monoisotopic (exact) mass is 569 g/mol. The Morgan fingerprint density at radius 2 is 1.96 bits per heavy atom. The fourth-order valence-corrected chi connectivity index (χ4v) is 3.79. The van der Waals surface area contributed by atoms with Crippen LogP contribution in [0.2, 0.25) is 0 Å². The molecule has 0 unspecified atom stereocenters. The first-order valence-corrected chi connectivity index (χ1v) is 10.0. The topological polar surface area (TPSA) is 93.8 Å². The van der Waals surface area contributed by atoms with Gasteiger partial charge in [-0.3, -0.25) is 9.78 Å². The van der Waals surface area contributed by atoms with Crippen molar-refractivity contribution >= 4 is 65.9 Å². The molecule has 0 atom stereocenters. The SMILES string of the molecule is O=C(NN=Cc1cc(Br)cc(Br)c1OC(=O)c1ccco1)c1cncc(Br)c1. The van der Waals surface area contributed by atoms with Crippen molar-refractivity contribution in [3.63, 3.8) is 0 Å². The van der Waals surface area contributed by atoms with Crippen LogP contribution in [0.3, 0.4) is 0 Å². The summed E-state index contributed by atoms with van der Waals surface area (Å²) in [7, 11) is 0. The van der Waals surface area contributed by atoms with Gasteiger partial charge in [0.1, 0.15) is 0 Å². The highest BCUT2D eigenvalue weighted by atomic mass is 79.9. The molecule has 0 aliphatic rings. The number of amides is 1. The second-order valence-corrected chi connectivity index (χ2v) is 7.95. The average Bonchev–Trinajstić information content (AvgIpc) is 3.19. The normalized spacial score (nSPS) is 10.8. The van der Waals surface area contributed by atoms with Crippen molar-refractivity contribution in [2.75, 3.05) is 0 Å². The van der Waals surface area contributed by atoms with Crippen molar-refractivity contribution < 1.29 is 18.7 Å². The first-order valence-electron chi connectivity index (χ1n) is 7.62. The lowest BCUT2D eigenvalue weighted by atomic mass is 10.2. The Morgan fingerprint density at radius 1 is 1.14 bits per heavy atom. The third-order valence-corrected chi connectivity index (χ3v) is 4.77. The summed E-state index contributed by atoms with van der Waals surface area (Å²) in [5.74, 6) is -0.806. The summed E-state index contributed by atoms with van der Waals surface area (Å²) in [5, 5.41) is 3.94. The Balaban J connectivity index is 1.79. The first kappa shape index (κ1) is 20.4. The molecule has 10 heteroatoms. The standard InChI is InChI=1S/C18H10Br3N3O4/c19-12-4-10(8-23-24-17(25)11-5-13(20)9-22-7-11)16(14(21)6-12)28-18(26)15-2-1-3-27-15/h1-9H,(H,24,25). The van der Waals surface area contributed by atoms with Gasteiger partial charge in [-0.1, -0.05) is 15.9 Å². The molecular weight excluding hydrogens is 562 g/mol. The Kier molecular flexibility index (Phi) is 6.76. The predicted molar refractivity (Wildman–Crippen MR) is 113 cm³/mol. The highest BCUT2D eigenvalue weighted by Gasteiger charge is 2.17. The summed E-state index contributed by atoms with van der Waals surface area (Å²) in [6, 6.07) is 8.10. The number of furan rings is 1. The highest BCUT2D eigenvalue weighted by Crippen LogP contribution is 2.32. The van der Waals surface area contributed by atoms with E-state index in [1.807, 2.05) is 0 Å². The van der Waals surface area contributed by atoms with Crippen LogP contribution in [0, 0.1) is 0 Å². The number of esters is 1. The number of carbonyl (C=O) groups excluding carboxylic acids is 2. The van der Waals surface area contributed by atoms with Gasteiger partial charge in [0.15, 0.2) is 5.75 Å². The lowest BCUT2D eigenvalue weighted by Crippen LogP contribution is -2.18. The third kappa shape index (κ3) is 5.15. The average molecular weight is 572 g/mol. The molecule has 1 N–H and O–H groups in total. The lowest BCUT2D eigenvalue weighted by Gasteiger charge is -2.09. The third-order valence-electron chi connectivity index (χ3n) is 3.29. The number of nitrogens with one attached hydrogen (secondary N) is 1. The highest BCUT2D eigenvalue weighted by molar-refractivity contribution is 9.11. The molecule has 0 saturated heterocycles. The van der Waals surface area contributed by atoms with Crippen LogP contribution in [0.1, 0.15) is 26.5 Å². The van der Waals surface area contributed by atoms with Crippen molar-refractivity contribution in [2.24, 2.45) is 5.10 Å². The summed E-state index contributed by atoms with van der Waals surface area (Å²) < 4.78 is 12.4. The van der Waals surface area contributed by atoms with E-state index in [1.54, 1.807) is 30.5 Å². The number of hydrogen-bond donors (Lipinski definition) is 1. The van der Waals surface area contributed by atoms with Gasteiger partial charge < -0.3 is 9.15 Å². The zero-order valence-electron chi connectivity index (χ0n) is 13.9. The molecule has 0 aliphatic heterocycles. The van der Waals surface area contributed by atoms with Crippen molar-refractivity contribution in [2.45, 2.75) is 0 Å². The minimum Gasteiger partial charge on any atom is -0.457 e. The van der Waals surface area contributed by atoms with Crippen molar-refractivity contribution in [1.29, 1.82) is 0 Å². The fraction of sp³-hybridized carbons (Fsp3) is 0. The van der Waals surface area contributed by atoms with Gasteiger partial charge in [0, 0.05) is 26.9 Å². The number of hydrogen-bond acceptors (Lipinski definition) is 6. The van der Waals surface area contributed by atoms with Gasteiger partial charge in [0.25, 0.3) is 5.91 Å². The fourth-order valence-electron chi connectivity index (χ4n) is 2.08. The minimum absolute atomic E-state index is 0.0631. The van der Waals surface area contributed by atoms with Crippen LogP contribution in [-0.2, 0) is 0 Å². The molecule has 1 aromatic carbocycles. The van der Waals surface area contributed by atoms with E-state index in [-0.39, 0.29) is 11.5 Å². The Hall–Kier alpha value is -2.30. The van der Waals surface area contributed by atoms with Crippen LogP contribution in [0.15, 0.2) is 71.9 Å². The van der Waals surface area contributed by atoms with Crippen LogP contribution in [0.5, 0.6) is 5.75 Å². The molecule has 2 aromatic heterocycles. The van der Waals surface area contributed by atoms with E-state index in [2.05, 4.69) is 63.3 Å². The Labute approximate surface area is 184 Å². The van der Waals surface area contributed by atoms with Crippen molar-refractivity contribution in [1.82, 2.24) is 10.4 Å². The van der Waals surface area contributed by atoms with Gasteiger partial charge in [0.2, 0.25) is 5.76 Å². The molecule has 0 radical (unpaired) electrons. The van der Waals surface area contributed by atoms with E-state index < -0.39 is 11.9 Å². The summed E-state index contributed by atoms with van der Waals surface area (Å²) in [6.45, 7) is 0. The number of rotatable bonds is 5. The molecule has 0 fully saturated rings. The second-order valence-electron chi connectivity index (χ2n) is 5.26. The molecule has 2 heterocycles. The van der Waals surface area contributed by atoms with Gasteiger partial charge in [0.05, 0.1) is 22.5 Å². The quantitative estimate of drug-likeness (QED) is 0.203. The van der Waals surface area contributed by atoms with Gasteiger partial charge >= 0.3 is 5.97 Å². The summed E-state index contributed by atoms with van der Waals surface area (Å²) in [4.78, 5) is 28.3. The van der Waals surface area contributed by atoms with Crippen LogP contribution >= 0.6 is 47.8 Å². The summed E-state index contributed by atoms with van der Waals surface area (Å²) >= 11 is 9.97. The van der Waals surface area contributed by atoms with Crippen LogP contribution in [0.4, 0.5) is 0 Å². The molecule has 0 spiro atoms. The molecular formula is C18H10Br3N3O4. The molecule has 0 bridgehead atoms. The number of nitrogens with zero attached hydrogens (tertiary/aromatic N) is 2. The van der Waals surface area contributed by atoms with E-state index in [1.165, 1.54) is 24.7 Å². The van der Waals surface area contributed by atoms with E-state index in [0.717, 1.165) is 4.47 Å². The van der Waals surface area contributed by atoms with Crippen molar-refractivity contribution in [3.05, 3.63) is 79.3 Å². The zero-order chi connectivity index (χ0) is 20.1. The molecule has 142 valence electrons. The maximum Gasteiger partial charge on any atom is 0.379 e. The van der Waals surface area contributed by atoms with Crippen LogP contribution in [-0.4, -0.2) is 23.1 Å². The van der Waals surface area contributed by atoms with Gasteiger partial charge in [-0.15, -0.1) is 0 Å². The summed E-state index contributed by atoms with van der Waals surface area (Å²) in [5.41, 5.74) is 3.19. The number of pyridine rings is 1. The maximum absolute atomic E-state index is 12.2. The number of ether oxygens (including phenoxy) is 1. The first-order chi connectivity index (χ1) is 13.4. The molecule has 0 saturated carbocycles. The van der Waals surface area contributed by atoms with Gasteiger partial charge in [-0.2, -0.15) is 5.10 Å². The lowest BCUT2D eigenvalue weighted by molar-refractivity contribution is 0.0699. The molecule has 3 rings (SSSR count). The van der Waals surface area contributed by atoms with E-state index in [9.17, 15) is 9.59 Å². The molecule has 28 heavy (non-hydrogen) atoms. The number of carbonyl (C=O) groups is 2. The van der Waals surface area contributed by atoms with E-state index >= 15 is 0 Å². The number of benzene rings is 1. The van der Waals surface area contributed by atoms with Crippen molar-refractivity contribution in [3.8, 4) is 5.75 Å². The summed E-state index contributed by atoms with van der Waals surface area (Å²) in [6.07, 6.45) is 5.73. The number of aromatic nitrogens is 1. The zero-order valence-corrected chi connectivity index (χ0v) is 18.6. The molecule has 3 aromatic rings. The smallest absolute Gasteiger partial charge is 0.379 e. The Morgan fingerprint density at radius 3 is 2.68 bits per heavy atom. The van der Waals surface area contributed by atoms with Crippen LogP contribution < -0.4 is 10.2 Å². The molecule has 1 amide bonds. The van der Waals surface area contributed by atoms with Gasteiger partial charge in [-0.05, 0) is 62.2 Å². The number of hydrazone groups is 1. The van der Waals surface area contributed by atoms with E-state index in [0.29, 0.717) is 20.1 Å². The minimum atomic E-state index is -0.660. The maximum atomic E-state index is 12.2. The number of halogens is 3. The largest absolute Gasteiger partial charge is 0.457 e. The van der Waals surface area contributed by atoms with Crippen LogP contribution in [0.25, 0.3) is 0 Å². The molecule has 7 nitrogen and oxygen atoms in total. The second kappa shape index (κ2) is 9.26. The predicted octanol–water partition coefficient (Wildman–Crippen LogP) is 4.95. The molecule has 0 aliphatic carbocycles. The van der Waals surface area contributed by atoms with E-state index in [4.69, 9.17) is 9.15 Å². The van der Waals surface area contributed by atoms with Gasteiger partial charge in [-0.25, -0.2) is 10.2 Å².